The maximum Gasteiger partial charge on any atom is 0.407 e. The van der Waals surface area contributed by atoms with Gasteiger partial charge in [0, 0.05) is 38.4 Å². The number of ketones is 1. The maximum absolute atomic E-state index is 13.0. The van der Waals surface area contributed by atoms with Crippen molar-refractivity contribution < 1.29 is 23.9 Å². The molecule has 1 aromatic rings. The molecule has 1 unspecified atom stereocenters. The van der Waals surface area contributed by atoms with Crippen LogP contribution in [0.25, 0.3) is 0 Å². The number of Topliss-reactive ketones (excluding diaryl/α,β-unsaturated/α-hetero) is 1. The number of hydrogen-bond acceptors (Lipinski definition) is 5. The maximum atomic E-state index is 13.0. The van der Waals surface area contributed by atoms with E-state index >= 15 is 0 Å². The lowest BCUT2D eigenvalue weighted by atomic mass is 9.93. The minimum Gasteiger partial charge on any atom is -0.449 e. The van der Waals surface area contributed by atoms with Crippen molar-refractivity contribution >= 4 is 23.7 Å². The molecule has 1 aliphatic rings. The van der Waals surface area contributed by atoms with E-state index in [1.54, 1.807) is 4.90 Å². The molecule has 3 amide bonds. The van der Waals surface area contributed by atoms with Crippen LogP contribution in [0, 0.1) is 5.41 Å². The Morgan fingerprint density at radius 3 is 2.43 bits per heavy atom. The summed E-state index contributed by atoms with van der Waals surface area (Å²) >= 11 is 0. The number of rotatable bonds is 11. The standard InChI is InChI=1S/C27H41N3O5/c1-19(29-26(34)35-18-27(3,4)5)10-8-9-15-28-25(33)23-16-21-11-6-7-12-22(21)17-30(23)24(32)14-13-20(2)31/h6-7,11-12,19,23H,8-10,13-18H2,1-5H3,(H,28,33)(H,29,34)/t19?,23-/m0/s1. The highest BCUT2D eigenvalue weighted by Gasteiger charge is 2.34. The fraction of sp³-hybridized carbons (Fsp3) is 0.630. The van der Waals surface area contributed by atoms with E-state index in [0.717, 1.165) is 30.4 Å². The predicted molar refractivity (Wildman–Crippen MR) is 135 cm³/mol. The molecule has 0 saturated heterocycles. The Labute approximate surface area is 209 Å². The Kier molecular flexibility index (Phi) is 10.7. The minimum absolute atomic E-state index is 0.0256. The van der Waals surface area contributed by atoms with Crippen molar-refractivity contribution in [2.45, 2.75) is 91.8 Å². The number of carbonyl (C=O) groups excluding carboxylic acids is 4. The van der Waals surface area contributed by atoms with Crippen molar-refractivity contribution in [2.24, 2.45) is 5.41 Å². The van der Waals surface area contributed by atoms with E-state index in [1.165, 1.54) is 6.92 Å². The average molecular weight is 488 g/mol. The van der Waals surface area contributed by atoms with Gasteiger partial charge in [0.2, 0.25) is 11.8 Å². The first-order valence-corrected chi connectivity index (χ1v) is 12.5. The predicted octanol–water partition coefficient (Wildman–Crippen LogP) is 3.76. The van der Waals surface area contributed by atoms with Crippen molar-refractivity contribution in [1.29, 1.82) is 0 Å². The van der Waals surface area contributed by atoms with Gasteiger partial charge in [-0.15, -0.1) is 0 Å². The van der Waals surface area contributed by atoms with Gasteiger partial charge in [-0.25, -0.2) is 4.79 Å². The Balaban J connectivity index is 1.80. The summed E-state index contributed by atoms with van der Waals surface area (Å²) in [4.78, 5) is 50.7. The van der Waals surface area contributed by atoms with Gasteiger partial charge in [0.25, 0.3) is 0 Å². The van der Waals surface area contributed by atoms with Crippen molar-refractivity contribution in [3.8, 4) is 0 Å². The zero-order valence-corrected chi connectivity index (χ0v) is 21.8. The van der Waals surface area contributed by atoms with Crippen LogP contribution < -0.4 is 10.6 Å². The summed E-state index contributed by atoms with van der Waals surface area (Å²) in [6, 6.07) is 7.23. The molecule has 2 N–H and O–H groups in total. The molecule has 2 atom stereocenters. The summed E-state index contributed by atoms with van der Waals surface area (Å²) in [5.74, 6) is -0.386. The third kappa shape index (κ3) is 10.1. The number of alkyl carbamates (subject to hydrolysis) is 1. The topological polar surface area (TPSA) is 105 Å². The summed E-state index contributed by atoms with van der Waals surface area (Å²) < 4.78 is 5.23. The van der Waals surface area contributed by atoms with Crippen LogP contribution in [0.15, 0.2) is 24.3 Å². The molecule has 35 heavy (non-hydrogen) atoms. The molecule has 1 heterocycles. The lowest BCUT2D eigenvalue weighted by molar-refractivity contribution is -0.142. The fourth-order valence-corrected chi connectivity index (χ4v) is 3.95. The molecule has 8 heteroatoms. The number of benzene rings is 1. The van der Waals surface area contributed by atoms with Gasteiger partial charge in [0.1, 0.15) is 11.8 Å². The smallest absolute Gasteiger partial charge is 0.407 e. The molecule has 8 nitrogen and oxygen atoms in total. The zero-order chi connectivity index (χ0) is 26.0. The van der Waals surface area contributed by atoms with Crippen LogP contribution in [0.2, 0.25) is 0 Å². The lowest BCUT2D eigenvalue weighted by Crippen LogP contribution is -2.52. The van der Waals surface area contributed by atoms with Crippen molar-refractivity contribution in [2.75, 3.05) is 13.2 Å². The first-order valence-electron chi connectivity index (χ1n) is 12.5. The second kappa shape index (κ2) is 13.3. The van der Waals surface area contributed by atoms with Gasteiger partial charge in [-0.05, 0) is 49.7 Å². The Bertz CT molecular complexity index is 893. The molecule has 194 valence electrons. The Morgan fingerprint density at radius 2 is 1.77 bits per heavy atom. The van der Waals surface area contributed by atoms with Crippen LogP contribution in [0.3, 0.4) is 0 Å². The number of unbranched alkanes of at least 4 members (excludes halogenated alkanes) is 1. The van der Waals surface area contributed by atoms with Gasteiger partial charge in [-0.1, -0.05) is 45.0 Å². The zero-order valence-electron chi connectivity index (χ0n) is 21.8. The Morgan fingerprint density at radius 1 is 1.09 bits per heavy atom. The van der Waals surface area contributed by atoms with E-state index in [9.17, 15) is 19.2 Å². The number of hydrogen-bond donors (Lipinski definition) is 2. The SMILES string of the molecule is CC(=O)CCC(=O)N1Cc2ccccc2C[C@H]1C(=O)NCCCCC(C)NC(=O)OCC(C)(C)C. The third-order valence-corrected chi connectivity index (χ3v) is 5.93. The first-order chi connectivity index (χ1) is 16.5. The number of nitrogens with one attached hydrogen (secondary N) is 2. The summed E-state index contributed by atoms with van der Waals surface area (Å²) in [5, 5.41) is 5.81. The molecule has 1 aromatic carbocycles. The molecular formula is C27H41N3O5. The normalized spacial score (nSPS) is 16.1. The summed E-state index contributed by atoms with van der Waals surface area (Å²) in [7, 11) is 0. The van der Waals surface area contributed by atoms with Crippen LogP contribution in [0.4, 0.5) is 4.79 Å². The highest BCUT2D eigenvalue weighted by Crippen LogP contribution is 2.24. The molecular weight excluding hydrogens is 446 g/mol. The van der Waals surface area contributed by atoms with Gasteiger partial charge in [0.15, 0.2) is 0 Å². The van der Waals surface area contributed by atoms with Gasteiger partial charge < -0.3 is 25.1 Å². The van der Waals surface area contributed by atoms with Crippen LogP contribution in [-0.4, -0.2) is 53.8 Å². The van der Waals surface area contributed by atoms with E-state index in [2.05, 4.69) is 10.6 Å². The molecule has 2 rings (SSSR count). The molecule has 0 radical (unpaired) electrons. The monoisotopic (exact) mass is 487 g/mol. The fourth-order valence-electron chi connectivity index (χ4n) is 3.95. The van der Waals surface area contributed by atoms with E-state index < -0.39 is 12.1 Å². The van der Waals surface area contributed by atoms with Gasteiger partial charge in [-0.3, -0.25) is 9.59 Å². The minimum atomic E-state index is -0.581. The van der Waals surface area contributed by atoms with E-state index in [-0.39, 0.29) is 41.9 Å². The van der Waals surface area contributed by atoms with E-state index in [4.69, 9.17) is 4.74 Å². The highest BCUT2D eigenvalue weighted by molar-refractivity contribution is 5.90. The second-order valence-corrected chi connectivity index (χ2v) is 10.7. The number of amides is 3. The van der Waals surface area contributed by atoms with Crippen molar-refractivity contribution in [3.63, 3.8) is 0 Å². The molecule has 0 aliphatic carbocycles. The van der Waals surface area contributed by atoms with Crippen LogP contribution in [-0.2, 0) is 32.1 Å². The largest absolute Gasteiger partial charge is 0.449 e. The molecule has 0 saturated carbocycles. The van der Waals surface area contributed by atoms with E-state index in [0.29, 0.717) is 26.1 Å². The van der Waals surface area contributed by atoms with Crippen molar-refractivity contribution in [3.05, 3.63) is 35.4 Å². The Hall–Kier alpha value is -2.90. The summed E-state index contributed by atoms with van der Waals surface area (Å²) in [5.41, 5.74) is 2.03. The first kappa shape index (κ1) is 28.3. The second-order valence-electron chi connectivity index (χ2n) is 10.7. The summed E-state index contributed by atoms with van der Waals surface area (Å²) in [6.45, 7) is 10.6. The van der Waals surface area contributed by atoms with Crippen molar-refractivity contribution in [1.82, 2.24) is 15.5 Å². The van der Waals surface area contributed by atoms with E-state index in [1.807, 2.05) is 52.0 Å². The summed E-state index contributed by atoms with van der Waals surface area (Å²) in [6.07, 6.45) is 2.71. The lowest BCUT2D eigenvalue weighted by Gasteiger charge is -2.36. The molecule has 0 fully saturated rings. The number of carbonyl (C=O) groups is 4. The number of ether oxygens (including phenoxy) is 1. The van der Waals surface area contributed by atoms with Crippen LogP contribution >= 0.6 is 0 Å². The number of fused-ring (bicyclic) bond motifs is 1. The average Bonchev–Trinajstić information content (AvgIpc) is 2.79. The number of nitrogens with zero attached hydrogens (tertiary/aromatic N) is 1. The van der Waals surface area contributed by atoms with Gasteiger partial charge >= 0.3 is 6.09 Å². The van der Waals surface area contributed by atoms with Crippen LogP contribution in [0.1, 0.15) is 77.8 Å². The molecule has 1 aliphatic heterocycles. The molecule has 0 spiro atoms. The molecule has 0 aromatic heterocycles. The molecule has 0 bridgehead atoms. The van der Waals surface area contributed by atoms with Gasteiger partial charge in [-0.2, -0.15) is 0 Å². The quantitative estimate of drug-likeness (QED) is 0.463. The highest BCUT2D eigenvalue weighted by atomic mass is 16.5. The van der Waals surface area contributed by atoms with Crippen LogP contribution in [0.5, 0.6) is 0 Å². The van der Waals surface area contributed by atoms with Gasteiger partial charge in [0.05, 0.1) is 6.61 Å². The third-order valence-electron chi connectivity index (χ3n) is 5.93.